The zero-order valence-corrected chi connectivity index (χ0v) is 12.1. The Morgan fingerprint density at radius 3 is 2.26 bits per heavy atom. The quantitative estimate of drug-likeness (QED) is 0.824. The van der Waals surface area contributed by atoms with Gasteiger partial charge in [0.1, 0.15) is 18.5 Å². The van der Waals surface area contributed by atoms with E-state index in [-0.39, 0.29) is 6.61 Å². The lowest BCUT2D eigenvalue weighted by molar-refractivity contribution is 0.108. The van der Waals surface area contributed by atoms with Crippen LogP contribution in [0.15, 0.2) is 42.5 Å². The van der Waals surface area contributed by atoms with Gasteiger partial charge >= 0.3 is 0 Å². The minimum atomic E-state index is -0.730. The summed E-state index contributed by atoms with van der Waals surface area (Å²) in [5, 5.41) is 11.0. The molecule has 0 amide bonds. The van der Waals surface area contributed by atoms with E-state index < -0.39 is 6.10 Å². The maximum atomic E-state index is 9.97. The number of benzene rings is 2. The first-order valence-electron chi connectivity index (χ1n) is 5.58. The molecule has 1 atom stereocenters. The number of aliphatic hydroxyl groups excluding tert-OH is 1. The smallest absolute Gasteiger partial charge is 0.139 e. The molecular weight excluding hydrogens is 307 g/mol. The second kappa shape index (κ2) is 6.49. The minimum Gasteiger partial charge on any atom is -0.489 e. The molecule has 5 heteroatoms. The van der Waals surface area contributed by atoms with Crippen molar-refractivity contribution in [3.8, 4) is 5.75 Å². The summed E-state index contributed by atoms with van der Waals surface area (Å²) < 4.78 is 5.46. The van der Waals surface area contributed by atoms with Crippen LogP contribution in [-0.2, 0) is 0 Å². The van der Waals surface area contributed by atoms with Gasteiger partial charge in [0.05, 0.1) is 15.1 Å². The molecule has 0 bridgehead atoms. The van der Waals surface area contributed by atoms with Crippen LogP contribution in [0, 0.1) is 0 Å². The van der Waals surface area contributed by atoms with Gasteiger partial charge < -0.3 is 9.84 Å². The van der Waals surface area contributed by atoms with Crippen molar-refractivity contribution in [3.63, 3.8) is 0 Å². The lowest BCUT2D eigenvalue weighted by Crippen LogP contribution is -2.09. The highest BCUT2D eigenvalue weighted by Crippen LogP contribution is 2.34. The Bertz CT molecular complexity index is 558. The average molecular weight is 318 g/mol. The number of hydrogen-bond donors (Lipinski definition) is 1. The summed E-state index contributed by atoms with van der Waals surface area (Å²) in [5.41, 5.74) is 0.777. The van der Waals surface area contributed by atoms with Gasteiger partial charge in [0, 0.05) is 6.07 Å². The van der Waals surface area contributed by atoms with Gasteiger partial charge in [-0.2, -0.15) is 0 Å². The Hall–Kier alpha value is -0.930. The zero-order valence-electron chi connectivity index (χ0n) is 9.82. The van der Waals surface area contributed by atoms with Gasteiger partial charge in [0.15, 0.2) is 0 Å². The van der Waals surface area contributed by atoms with Gasteiger partial charge in [0.2, 0.25) is 0 Å². The molecule has 2 nitrogen and oxygen atoms in total. The third-order valence-corrected chi connectivity index (χ3v) is 3.57. The molecule has 0 saturated heterocycles. The monoisotopic (exact) mass is 316 g/mol. The Morgan fingerprint density at radius 1 is 0.947 bits per heavy atom. The maximum Gasteiger partial charge on any atom is 0.139 e. The highest BCUT2D eigenvalue weighted by molar-refractivity contribution is 6.43. The molecule has 0 heterocycles. The molecule has 0 spiro atoms. The molecule has 0 aliphatic rings. The van der Waals surface area contributed by atoms with Crippen LogP contribution >= 0.6 is 34.8 Å². The van der Waals surface area contributed by atoms with Crippen molar-refractivity contribution in [3.05, 3.63) is 63.1 Å². The van der Waals surface area contributed by atoms with Crippen LogP contribution in [0.25, 0.3) is 0 Å². The van der Waals surface area contributed by atoms with Crippen molar-refractivity contribution in [2.75, 3.05) is 6.61 Å². The number of halogens is 3. The van der Waals surface area contributed by atoms with E-state index in [4.69, 9.17) is 39.5 Å². The van der Waals surface area contributed by atoms with E-state index in [1.54, 1.807) is 0 Å². The van der Waals surface area contributed by atoms with Gasteiger partial charge in [-0.25, -0.2) is 0 Å². The maximum absolute atomic E-state index is 9.97. The van der Waals surface area contributed by atoms with E-state index >= 15 is 0 Å². The van der Waals surface area contributed by atoms with Crippen molar-refractivity contribution >= 4 is 34.8 Å². The fourth-order valence-electron chi connectivity index (χ4n) is 1.56. The molecule has 0 saturated carbocycles. The summed E-state index contributed by atoms with van der Waals surface area (Å²) in [4.78, 5) is 0. The highest BCUT2D eigenvalue weighted by atomic mass is 35.5. The average Bonchev–Trinajstić information content (AvgIpc) is 2.42. The Balaban J connectivity index is 2.05. The first-order chi connectivity index (χ1) is 9.08. The minimum absolute atomic E-state index is 0.0850. The number of ether oxygens (including phenoxy) is 1. The molecule has 1 unspecified atom stereocenters. The molecule has 1 N–H and O–H groups in total. The van der Waals surface area contributed by atoms with E-state index in [9.17, 15) is 5.11 Å². The molecule has 19 heavy (non-hydrogen) atoms. The van der Waals surface area contributed by atoms with Crippen molar-refractivity contribution in [1.82, 2.24) is 0 Å². The van der Waals surface area contributed by atoms with Crippen molar-refractivity contribution < 1.29 is 9.84 Å². The summed E-state index contributed by atoms with van der Waals surface area (Å²) in [6.45, 7) is 0.0850. The van der Waals surface area contributed by atoms with Crippen LogP contribution in [0.4, 0.5) is 0 Å². The van der Waals surface area contributed by atoms with E-state index in [1.165, 1.54) is 12.1 Å². The molecule has 0 aliphatic heterocycles. The van der Waals surface area contributed by atoms with E-state index in [2.05, 4.69) is 0 Å². The molecule has 0 radical (unpaired) electrons. The number of aliphatic hydroxyl groups is 1. The second-order valence-electron chi connectivity index (χ2n) is 3.93. The lowest BCUT2D eigenvalue weighted by atomic mass is 10.1. The van der Waals surface area contributed by atoms with Gasteiger partial charge in [0.25, 0.3) is 0 Å². The zero-order chi connectivity index (χ0) is 13.8. The fraction of sp³-hybridized carbons (Fsp3) is 0.143. The largest absolute Gasteiger partial charge is 0.489 e. The van der Waals surface area contributed by atoms with Crippen molar-refractivity contribution in [2.45, 2.75) is 6.10 Å². The molecule has 0 fully saturated rings. The Kier molecular flexibility index (Phi) is 4.94. The second-order valence-corrected chi connectivity index (χ2v) is 5.16. The fourth-order valence-corrected chi connectivity index (χ4v) is 2.15. The molecule has 2 aromatic rings. The molecule has 100 valence electrons. The standard InChI is InChI=1S/C14H11Cl3O2/c15-10-6-12(17)14(7-11(10)16)19-8-13(18)9-4-2-1-3-5-9/h1-7,13,18H,8H2. The topological polar surface area (TPSA) is 29.5 Å². The van der Waals surface area contributed by atoms with Crippen LogP contribution in [0.2, 0.25) is 15.1 Å². The van der Waals surface area contributed by atoms with Crippen LogP contribution in [-0.4, -0.2) is 11.7 Å². The predicted octanol–water partition coefficient (Wildman–Crippen LogP) is 4.76. The molecule has 2 aromatic carbocycles. The van der Waals surface area contributed by atoms with Crippen LogP contribution in [0.3, 0.4) is 0 Å². The van der Waals surface area contributed by atoms with Crippen molar-refractivity contribution in [1.29, 1.82) is 0 Å². The van der Waals surface area contributed by atoms with Crippen molar-refractivity contribution in [2.24, 2.45) is 0 Å². The third kappa shape index (κ3) is 3.77. The normalized spacial score (nSPS) is 12.2. The first kappa shape index (κ1) is 14.5. The summed E-state index contributed by atoms with van der Waals surface area (Å²) in [6.07, 6.45) is -0.730. The van der Waals surface area contributed by atoms with Crippen LogP contribution in [0.5, 0.6) is 5.75 Å². The Labute approximate surface area is 126 Å². The summed E-state index contributed by atoms with van der Waals surface area (Å²) in [6, 6.07) is 12.3. The SMILES string of the molecule is OC(COc1cc(Cl)c(Cl)cc1Cl)c1ccccc1. The molecule has 0 aromatic heterocycles. The van der Waals surface area contributed by atoms with Gasteiger partial charge in [-0.05, 0) is 11.6 Å². The van der Waals surface area contributed by atoms with Gasteiger partial charge in [-0.15, -0.1) is 0 Å². The molecule has 0 aliphatic carbocycles. The summed E-state index contributed by atoms with van der Waals surface area (Å²) in [5.74, 6) is 0.394. The Morgan fingerprint density at radius 2 is 1.58 bits per heavy atom. The first-order valence-corrected chi connectivity index (χ1v) is 6.71. The summed E-state index contributed by atoms with van der Waals surface area (Å²) >= 11 is 17.7. The molecule has 2 rings (SSSR count). The van der Waals surface area contributed by atoms with Crippen LogP contribution in [0.1, 0.15) is 11.7 Å². The third-order valence-electron chi connectivity index (χ3n) is 2.56. The van der Waals surface area contributed by atoms with E-state index in [0.29, 0.717) is 20.8 Å². The van der Waals surface area contributed by atoms with Crippen LogP contribution < -0.4 is 4.74 Å². The molecular formula is C14H11Cl3O2. The number of hydrogen-bond acceptors (Lipinski definition) is 2. The van der Waals surface area contributed by atoms with Gasteiger partial charge in [-0.3, -0.25) is 0 Å². The lowest BCUT2D eigenvalue weighted by Gasteiger charge is -2.14. The predicted molar refractivity (Wildman–Crippen MR) is 78.4 cm³/mol. The highest BCUT2D eigenvalue weighted by Gasteiger charge is 2.11. The number of rotatable bonds is 4. The van der Waals surface area contributed by atoms with Gasteiger partial charge in [-0.1, -0.05) is 65.1 Å². The van der Waals surface area contributed by atoms with E-state index in [0.717, 1.165) is 5.56 Å². The summed E-state index contributed by atoms with van der Waals surface area (Å²) in [7, 11) is 0. The van der Waals surface area contributed by atoms with E-state index in [1.807, 2.05) is 30.3 Å².